The van der Waals surface area contributed by atoms with Gasteiger partial charge in [-0.05, 0) is 42.5 Å². The fraction of sp³-hybridized carbons (Fsp3) is 0.0435. The summed E-state index contributed by atoms with van der Waals surface area (Å²) in [5, 5.41) is 14.6. The predicted molar refractivity (Wildman–Crippen MR) is 115 cm³/mol. The number of carbonyl (C=O) groups excluding carboxylic acids is 1. The SMILES string of the molecule is COc1ccc(O)c(/C=N/NC(=O)c2cc(-c3cccnc3)nc3ccccc23)c1. The van der Waals surface area contributed by atoms with Crippen molar-refractivity contribution in [1.29, 1.82) is 0 Å². The molecular formula is C23H18N4O3. The van der Waals surface area contributed by atoms with E-state index >= 15 is 0 Å². The number of nitrogens with zero attached hydrogens (tertiary/aromatic N) is 3. The van der Waals surface area contributed by atoms with Crippen LogP contribution in [0.2, 0.25) is 0 Å². The van der Waals surface area contributed by atoms with Crippen molar-refractivity contribution in [2.75, 3.05) is 7.11 Å². The van der Waals surface area contributed by atoms with Crippen molar-refractivity contribution in [3.8, 4) is 22.8 Å². The lowest BCUT2D eigenvalue weighted by molar-refractivity contribution is 0.0956. The first-order chi connectivity index (χ1) is 14.7. The van der Waals surface area contributed by atoms with Gasteiger partial charge in [-0.2, -0.15) is 5.10 Å². The van der Waals surface area contributed by atoms with Gasteiger partial charge in [0.05, 0.1) is 30.1 Å². The van der Waals surface area contributed by atoms with E-state index in [1.54, 1.807) is 30.6 Å². The van der Waals surface area contributed by atoms with Gasteiger partial charge in [-0.15, -0.1) is 0 Å². The maximum Gasteiger partial charge on any atom is 0.272 e. The Morgan fingerprint density at radius 2 is 2.00 bits per heavy atom. The minimum atomic E-state index is -0.391. The summed E-state index contributed by atoms with van der Waals surface area (Å²) < 4.78 is 5.14. The lowest BCUT2D eigenvalue weighted by Crippen LogP contribution is -2.18. The molecule has 2 aromatic carbocycles. The topological polar surface area (TPSA) is 96.7 Å². The molecule has 0 aliphatic heterocycles. The second-order valence-electron chi connectivity index (χ2n) is 6.44. The number of hydrogen-bond donors (Lipinski definition) is 2. The Morgan fingerprint density at radius 3 is 2.80 bits per heavy atom. The van der Waals surface area contributed by atoms with Crippen molar-refractivity contribution >= 4 is 23.0 Å². The summed E-state index contributed by atoms with van der Waals surface area (Å²) in [6, 6.07) is 17.6. The second kappa shape index (κ2) is 8.40. The minimum Gasteiger partial charge on any atom is -0.507 e. The number of benzene rings is 2. The number of phenolic OH excluding ortho intramolecular Hbond substituents is 1. The predicted octanol–water partition coefficient (Wildman–Crippen LogP) is 3.77. The number of phenols is 1. The van der Waals surface area contributed by atoms with Crippen molar-refractivity contribution in [2.45, 2.75) is 0 Å². The van der Waals surface area contributed by atoms with E-state index in [2.05, 4.69) is 20.5 Å². The molecule has 4 rings (SSSR count). The Bertz CT molecular complexity index is 1240. The normalized spacial score (nSPS) is 11.0. The van der Waals surface area contributed by atoms with Gasteiger partial charge in [-0.3, -0.25) is 9.78 Å². The Morgan fingerprint density at radius 1 is 1.13 bits per heavy atom. The van der Waals surface area contributed by atoms with Gasteiger partial charge in [0, 0.05) is 28.9 Å². The molecular weight excluding hydrogens is 380 g/mol. The highest BCUT2D eigenvalue weighted by Crippen LogP contribution is 2.24. The molecule has 2 N–H and O–H groups in total. The van der Waals surface area contributed by atoms with Crippen LogP contribution in [0.15, 0.2) is 78.2 Å². The molecule has 148 valence electrons. The van der Waals surface area contributed by atoms with Gasteiger partial charge >= 0.3 is 0 Å². The lowest BCUT2D eigenvalue weighted by Gasteiger charge is -2.09. The third-order valence-electron chi connectivity index (χ3n) is 4.52. The Labute approximate surface area is 172 Å². The van der Waals surface area contributed by atoms with E-state index < -0.39 is 5.91 Å². The van der Waals surface area contributed by atoms with Crippen LogP contribution in [0, 0.1) is 0 Å². The van der Waals surface area contributed by atoms with Crippen LogP contribution in [0.4, 0.5) is 0 Å². The zero-order valence-electron chi connectivity index (χ0n) is 16.1. The number of carbonyl (C=O) groups is 1. The quantitative estimate of drug-likeness (QED) is 0.394. The monoisotopic (exact) mass is 398 g/mol. The van der Waals surface area contributed by atoms with E-state index in [9.17, 15) is 9.90 Å². The third kappa shape index (κ3) is 3.95. The molecule has 0 spiro atoms. The first-order valence-electron chi connectivity index (χ1n) is 9.16. The van der Waals surface area contributed by atoms with Crippen molar-refractivity contribution in [3.63, 3.8) is 0 Å². The molecule has 0 unspecified atom stereocenters. The van der Waals surface area contributed by atoms with Crippen molar-refractivity contribution in [3.05, 3.63) is 84.2 Å². The van der Waals surface area contributed by atoms with Crippen LogP contribution >= 0.6 is 0 Å². The molecule has 30 heavy (non-hydrogen) atoms. The summed E-state index contributed by atoms with van der Waals surface area (Å²) in [5.41, 5.74) is 5.52. The number of fused-ring (bicyclic) bond motifs is 1. The van der Waals surface area contributed by atoms with Gasteiger partial charge in [-0.1, -0.05) is 18.2 Å². The van der Waals surface area contributed by atoms with Crippen LogP contribution in [0.3, 0.4) is 0 Å². The number of methoxy groups -OCH3 is 1. The molecule has 7 heteroatoms. The molecule has 1 amide bonds. The van der Waals surface area contributed by atoms with Gasteiger partial charge in [-0.25, -0.2) is 10.4 Å². The number of amides is 1. The number of hydrazone groups is 1. The molecule has 0 saturated heterocycles. The summed E-state index contributed by atoms with van der Waals surface area (Å²) in [6.45, 7) is 0. The Hall–Kier alpha value is -4.26. The first kappa shape index (κ1) is 19.1. The highest BCUT2D eigenvalue weighted by Gasteiger charge is 2.13. The fourth-order valence-corrected chi connectivity index (χ4v) is 3.01. The molecule has 0 aliphatic rings. The number of pyridine rings is 2. The number of aromatic hydroxyl groups is 1. The lowest BCUT2D eigenvalue weighted by atomic mass is 10.0. The standard InChI is InChI=1S/C23H18N4O3/c1-30-17-8-9-22(28)16(11-17)14-25-27-23(29)19-12-21(15-5-4-10-24-13-15)26-20-7-3-2-6-18(19)20/h2-14,28H,1H3,(H,27,29)/b25-14+. The third-order valence-corrected chi connectivity index (χ3v) is 4.52. The summed E-state index contributed by atoms with van der Waals surface area (Å²) in [6.07, 6.45) is 4.74. The van der Waals surface area contributed by atoms with Crippen LogP contribution in [-0.4, -0.2) is 34.3 Å². The molecule has 7 nitrogen and oxygen atoms in total. The van der Waals surface area contributed by atoms with Crippen LogP contribution in [0.25, 0.3) is 22.2 Å². The average molecular weight is 398 g/mol. The van der Waals surface area contributed by atoms with Crippen molar-refractivity contribution in [1.82, 2.24) is 15.4 Å². The zero-order chi connectivity index (χ0) is 20.9. The van der Waals surface area contributed by atoms with Crippen LogP contribution < -0.4 is 10.2 Å². The average Bonchev–Trinajstić information content (AvgIpc) is 2.80. The Balaban J connectivity index is 1.66. The molecule has 0 atom stereocenters. The minimum absolute atomic E-state index is 0.0297. The zero-order valence-corrected chi connectivity index (χ0v) is 16.1. The van der Waals surface area contributed by atoms with Gasteiger partial charge in [0.2, 0.25) is 0 Å². The number of nitrogens with one attached hydrogen (secondary N) is 1. The smallest absolute Gasteiger partial charge is 0.272 e. The molecule has 0 bridgehead atoms. The summed E-state index contributed by atoms with van der Waals surface area (Å²) >= 11 is 0. The van der Waals surface area contributed by atoms with E-state index in [0.717, 1.165) is 5.56 Å². The number of para-hydroxylation sites is 1. The van der Waals surface area contributed by atoms with E-state index in [4.69, 9.17) is 4.74 Å². The molecule has 2 aromatic heterocycles. The largest absolute Gasteiger partial charge is 0.507 e. The number of ether oxygens (including phenoxy) is 1. The maximum atomic E-state index is 12.9. The first-order valence-corrected chi connectivity index (χ1v) is 9.16. The van der Waals surface area contributed by atoms with E-state index in [0.29, 0.717) is 33.5 Å². The van der Waals surface area contributed by atoms with Gasteiger partial charge < -0.3 is 9.84 Å². The molecule has 4 aromatic rings. The van der Waals surface area contributed by atoms with Crippen molar-refractivity contribution < 1.29 is 14.6 Å². The van der Waals surface area contributed by atoms with E-state index in [1.165, 1.54) is 19.4 Å². The van der Waals surface area contributed by atoms with Gasteiger partial charge in [0.15, 0.2) is 0 Å². The fourth-order valence-electron chi connectivity index (χ4n) is 3.01. The molecule has 0 fully saturated rings. The number of hydrogen-bond acceptors (Lipinski definition) is 6. The molecule has 0 aliphatic carbocycles. The van der Waals surface area contributed by atoms with Crippen LogP contribution in [0.1, 0.15) is 15.9 Å². The highest BCUT2D eigenvalue weighted by atomic mass is 16.5. The molecule has 0 saturated carbocycles. The van der Waals surface area contributed by atoms with Crippen LogP contribution in [0.5, 0.6) is 11.5 Å². The number of rotatable bonds is 5. The molecule has 0 radical (unpaired) electrons. The Kier molecular flexibility index (Phi) is 5.34. The maximum absolute atomic E-state index is 12.9. The summed E-state index contributed by atoms with van der Waals surface area (Å²) in [4.78, 5) is 21.6. The van der Waals surface area contributed by atoms with E-state index in [1.807, 2.05) is 36.4 Å². The van der Waals surface area contributed by atoms with E-state index in [-0.39, 0.29) is 5.75 Å². The summed E-state index contributed by atoms with van der Waals surface area (Å²) in [7, 11) is 1.53. The van der Waals surface area contributed by atoms with Crippen molar-refractivity contribution in [2.24, 2.45) is 5.10 Å². The van der Waals surface area contributed by atoms with Gasteiger partial charge in [0.25, 0.3) is 5.91 Å². The second-order valence-corrected chi connectivity index (χ2v) is 6.44. The van der Waals surface area contributed by atoms with Gasteiger partial charge in [0.1, 0.15) is 11.5 Å². The summed E-state index contributed by atoms with van der Waals surface area (Å²) in [5.74, 6) is 0.209. The highest BCUT2D eigenvalue weighted by molar-refractivity contribution is 6.07. The number of aromatic nitrogens is 2. The molecule has 2 heterocycles. The van der Waals surface area contributed by atoms with Crippen LogP contribution in [-0.2, 0) is 0 Å².